The molecule has 0 atom stereocenters. The quantitative estimate of drug-likeness (QED) is 0.895. The molecule has 20 heavy (non-hydrogen) atoms. The molecule has 0 aromatic heterocycles. The van der Waals surface area contributed by atoms with Crippen LogP contribution in [0.1, 0.15) is 38.2 Å². The molecule has 110 valence electrons. The highest BCUT2D eigenvalue weighted by atomic mass is 16.2. The lowest BCUT2D eigenvalue weighted by atomic mass is 9.93. The molecule has 1 fully saturated rings. The molecule has 0 unspecified atom stereocenters. The summed E-state index contributed by atoms with van der Waals surface area (Å²) in [6.45, 7) is 4.35. The average molecular weight is 274 g/mol. The molecule has 3 nitrogen and oxygen atoms in total. The van der Waals surface area contributed by atoms with Gasteiger partial charge >= 0.3 is 0 Å². The van der Waals surface area contributed by atoms with Crippen molar-refractivity contribution in [2.45, 2.75) is 39.0 Å². The number of hydrogen-bond donors (Lipinski definition) is 1. The molecule has 1 aliphatic heterocycles. The highest BCUT2D eigenvalue weighted by molar-refractivity contribution is 5.92. The Labute approximate surface area is 122 Å². The molecule has 3 heteroatoms. The largest absolute Gasteiger partial charge is 0.317 e. The number of amides is 1. The summed E-state index contributed by atoms with van der Waals surface area (Å²) in [6, 6.07) is 8.29. The van der Waals surface area contributed by atoms with Crippen molar-refractivity contribution in [2.75, 3.05) is 25.0 Å². The molecular weight excluding hydrogens is 248 g/mol. The van der Waals surface area contributed by atoms with Gasteiger partial charge in [-0.15, -0.1) is 0 Å². The van der Waals surface area contributed by atoms with Crippen LogP contribution >= 0.6 is 0 Å². The van der Waals surface area contributed by atoms with Crippen molar-refractivity contribution in [1.82, 2.24) is 5.32 Å². The minimum atomic E-state index is 0.229. The third-order valence-corrected chi connectivity index (χ3v) is 4.33. The Morgan fingerprint density at radius 3 is 2.50 bits per heavy atom. The average Bonchev–Trinajstić information content (AvgIpc) is 2.53. The van der Waals surface area contributed by atoms with Crippen LogP contribution in [0.4, 0.5) is 5.69 Å². The highest BCUT2D eigenvalue weighted by Gasteiger charge is 2.16. The van der Waals surface area contributed by atoms with Gasteiger partial charge in [0.15, 0.2) is 0 Å². The van der Waals surface area contributed by atoms with Crippen molar-refractivity contribution in [2.24, 2.45) is 5.92 Å². The zero-order valence-corrected chi connectivity index (χ0v) is 12.7. The van der Waals surface area contributed by atoms with Crippen LogP contribution < -0.4 is 10.2 Å². The summed E-state index contributed by atoms with van der Waals surface area (Å²) in [5.41, 5.74) is 2.31. The van der Waals surface area contributed by atoms with Crippen molar-refractivity contribution in [3.05, 3.63) is 29.8 Å². The fraction of sp³-hybridized carbons (Fsp3) is 0.588. The van der Waals surface area contributed by atoms with E-state index in [2.05, 4.69) is 24.4 Å². The Morgan fingerprint density at radius 1 is 1.25 bits per heavy atom. The second-order valence-corrected chi connectivity index (χ2v) is 5.70. The molecule has 1 N–H and O–H groups in total. The van der Waals surface area contributed by atoms with E-state index >= 15 is 0 Å². The van der Waals surface area contributed by atoms with E-state index in [0.717, 1.165) is 37.5 Å². The molecule has 2 rings (SSSR count). The van der Waals surface area contributed by atoms with Gasteiger partial charge in [-0.05, 0) is 62.4 Å². The Kier molecular flexibility index (Phi) is 5.60. The van der Waals surface area contributed by atoms with Crippen molar-refractivity contribution >= 4 is 11.6 Å². The van der Waals surface area contributed by atoms with Crippen LogP contribution in [0, 0.1) is 5.92 Å². The lowest BCUT2D eigenvalue weighted by molar-refractivity contribution is -0.118. The molecule has 1 heterocycles. The van der Waals surface area contributed by atoms with Gasteiger partial charge in [0.25, 0.3) is 0 Å². The molecule has 1 aromatic rings. The predicted octanol–water partition coefficient (Wildman–Crippen LogP) is 2.99. The van der Waals surface area contributed by atoms with Crippen LogP contribution in [-0.2, 0) is 11.2 Å². The number of nitrogens with one attached hydrogen (secondary N) is 1. The maximum absolute atomic E-state index is 12.3. The van der Waals surface area contributed by atoms with Gasteiger partial charge in [-0.25, -0.2) is 0 Å². The number of piperidine rings is 1. The number of rotatable bonds is 5. The molecule has 1 aliphatic rings. The first-order chi connectivity index (χ1) is 9.70. The number of benzene rings is 1. The Morgan fingerprint density at radius 2 is 1.90 bits per heavy atom. The topological polar surface area (TPSA) is 32.3 Å². The van der Waals surface area contributed by atoms with E-state index < -0.39 is 0 Å². The van der Waals surface area contributed by atoms with Gasteiger partial charge in [-0.2, -0.15) is 0 Å². The number of carbonyl (C=O) groups is 1. The van der Waals surface area contributed by atoms with Gasteiger partial charge in [-0.3, -0.25) is 4.79 Å². The monoisotopic (exact) mass is 274 g/mol. The van der Waals surface area contributed by atoms with E-state index in [0.29, 0.717) is 6.42 Å². The number of hydrogen-bond acceptors (Lipinski definition) is 2. The zero-order chi connectivity index (χ0) is 14.4. The summed E-state index contributed by atoms with van der Waals surface area (Å²) in [5.74, 6) is 0.948. The lowest BCUT2D eigenvalue weighted by Gasteiger charge is -2.23. The first-order valence-corrected chi connectivity index (χ1v) is 7.77. The van der Waals surface area contributed by atoms with E-state index in [1.807, 2.05) is 19.2 Å². The van der Waals surface area contributed by atoms with E-state index in [1.165, 1.54) is 18.4 Å². The summed E-state index contributed by atoms with van der Waals surface area (Å²) >= 11 is 0. The number of aryl methyl sites for hydroxylation is 1. The molecular formula is C17H26N2O. The summed E-state index contributed by atoms with van der Waals surface area (Å²) in [4.78, 5) is 14.0. The van der Waals surface area contributed by atoms with Crippen LogP contribution in [-0.4, -0.2) is 26.0 Å². The molecule has 0 radical (unpaired) electrons. The van der Waals surface area contributed by atoms with E-state index in [9.17, 15) is 4.79 Å². The van der Waals surface area contributed by atoms with Crippen molar-refractivity contribution < 1.29 is 4.79 Å². The van der Waals surface area contributed by atoms with Crippen molar-refractivity contribution in [3.63, 3.8) is 0 Å². The third-order valence-electron chi connectivity index (χ3n) is 4.33. The molecule has 0 aliphatic carbocycles. The normalized spacial score (nSPS) is 16.1. The van der Waals surface area contributed by atoms with Crippen LogP contribution in [0.3, 0.4) is 0 Å². The number of anilines is 1. The number of nitrogens with zero attached hydrogens (tertiary/aromatic N) is 1. The minimum absolute atomic E-state index is 0.229. The third kappa shape index (κ3) is 4.07. The second-order valence-electron chi connectivity index (χ2n) is 5.70. The summed E-state index contributed by atoms with van der Waals surface area (Å²) in [7, 11) is 1.88. The summed E-state index contributed by atoms with van der Waals surface area (Å²) < 4.78 is 0. The minimum Gasteiger partial charge on any atom is -0.317 e. The Bertz CT molecular complexity index is 421. The van der Waals surface area contributed by atoms with Gasteiger partial charge in [-0.1, -0.05) is 19.1 Å². The lowest BCUT2D eigenvalue weighted by Crippen LogP contribution is -2.30. The van der Waals surface area contributed by atoms with Crippen molar-refractivity contribution in [1.29, 1.82) is 0 Å². The van der Waals surface area contributed by atoms with Crippen molar-refractivity contribution in [3.8, 4) is 0 Å². The van der Waals surface area contributed by atoms with Crippen LogP contribution in [0.2, 0.25) is 0 Å². The van der Waals surface area contributed by atoms with Crippen LogP contribution in [0.5, 0.6) is 0 Å². The highest BCUT2D eigenvalue weighted by Crippen LogP contribution is 2.20. The van der Waals surface area contributed by atoms with E-state index in [4.69, 9.17) is 0 Å². The standard InChI is InChI=1S/C17H26N2O/c1-3-14-4-7-16(8-5-14)19(2)17(20)9-6-15-10-12-18-13-11-15/h4-5,7-8,15,18H,3,6,9-13H2,1-2H3. The second kappa shape index (κ2) is 7.44. The fourth-order valence-electron chi connectivity index (χ4n) is 2.76. The molecule has 1 amide bonds. The molecule has 0 bridgehead atoms. The Hall–Kier alpha value is -1.35. The van der Waals surface area contributed by atoms with Gasteiger partial charge in [0.1, 0.15) is 0 Å². The van der Waals surface area contributed by atoms with Gasteiger partial charge in [0.05, 0.1) is 0 Å². The Balaban J connectivity index is 1.83. The fourth-order valence-corrected chi connectivity index (χ4v) is 2.76. The van der Waals surface area contributed by atoms with Crippen LogP contribution in [0.25, 0.3) is 0 Å². The molecule has 1 aromatic carbocycles. The molecule has 0 saturated carbocycles. The summed E-state index contributed by atoms with van der Waals surface area (Å²) in [5, 5.41) is 3.37. The first-order valence-electron chi connectivity index (χ1n) is 7.77. The smallest absolute Gasteiger partial charge is 0.226 e. The maximum atomic E-state index is 12.3. The SMILES string of the molecule is CCc1ccc(N(C)C(=O)CCC2CCNCC2)cc1. The van der Waals surface area contributed by atoms with Crippen LogP contribution in [0.15, 0.2) is 24.3 Å². The van der Waals surface area contributed by atoms with E-state index in [1.54, 1.807) is 4.90 Å². The van der Waals surface area contributed by atoms with Gasteiger partial charge in [0.2, 0.25) is 5.91 Å². The summed E-state index contributed by atoms with van der Waals surface area (Å²) in [6.07, 6.45) is 5.15. The zero-order valence-electron chi connectivity index (χ0n) is 12.7. The van der Waals surface area contributed by atoms with Gasteiger partial charge < -0.3 is 10.2 Å². The first kappa shape index (κ1) is 15.0. The predicted molar refractivity (Wildman–Crippen MR) is 84.1 cm³/mol. The van der Waals surface area contributed by atoms with Gasteiger partial charge in [0, 0.05) is 19.2 Å². The number of carbonyl (C=O) groups excluding carboxylic acids is 1. The molecule has 0 spiro atoms. The molecule has 1 saturated heterocycles. The maximum Gasteiger partial charge on any atom is 0.226 e. The van der Waals surface area contributed by atoms with E-state index in [-0.39, 0.29) is 5.91 Å².